The Balaban J connectivity index is 1.24. The number of likely N-dealkylation sites (tertiary alicyclic amines) is 1. The molecule has 1 unspecified atom stereocenters. The van der Waals surface area contributed by atoms with Gasteiger partial charge in [-0.3, -0.25) is 5.32 Å². The van der Waals surface area contributed by atoms with Crippen LogP contribution in [0.3, 0.4) is 0 Å². The summed E-state index contributed by atoms with van der Waals surface area (Å²) in [5.74, 6) is 1.01. The maximum absolute atomic E-state index is 13.2. The van der Waals surface area contributed by atoms with Gasteiger partial charge in [-0.2, -0.15) is 0 Å². The van der Waals surface area contributed by atoms with Crippen LogP contribution in [0.25, 0.3) is 0 Å². The molecule has 1 saturated heterocycles. The predicted octanol–water partition coefficient (Wildman–Crippen LogP) is 6.89. The zero-order valence-electron chi connectivity index (χ0n) is 21.9. The number of nitrogens with zero attached hydrogens (tertiary/aromatic N) is 1. The van der Waals surface area contributed by atoms with Crippen molar-refractivity contribution in [3.63, 3.8) is 0 Å². The zero-order chi connectivity index (χ0) is 26.0. The van der Waals surface area contributed by atoms with Crippen molar-refractivity contribution in [2.24, 2.45) is 5.92 Å². The van der Waals surface area contributed by atoms with E-state index >= 15 is 0 Å². The van der Waals surface area contributed by atoms with Crippen molar-refractivity contribution in [3.05, 3.63) is 138 Å². The number of ether oxygens (including phenoxy) is 1. The van der Waals surface area contributed by atoms with E-state index in [4.69, 9.17) is 4.74 Å². The maximum atomic E-state index is 13.2. The van der Waals surface area contributed by atoms with Gasteiger partial charge < -0.3 is 9.64 Å². The Kier molecular flexibility index (Phi) is 8.85. The highest BCUT2D eigenvalue weighted by atomic mass is 19.1. The molecule has 38 heavy (non-hydrogen) atoms. The van der Waals surface area contributed by atoms with Crippen LogP contribution in [-0.2, 0) is 5.54 Å². The highest BCUT2D eigenvalue weighted by Gasteiger charge is 2.35. The summed E-state index contributed by atoms with van der Waals surface area (Å²) in [7, 11) is 0. The molecule has 196 valence electrons. The zero-order valence-corrected chi connectivity index (χ0v) is 21.9. The quantitative estimate of drug-likeness (QED) is 0.176. The van der Waals surface area contributed by atoms with Gasteiger partial charge in [0.15, 0.2) is 0 Å². The molecule has 4 aromatic carbocycles. The Hall–Kier alpha value is -3.47. The first-order valence-corrected chi connectivity index (χ1v) is 13.8. The molecule has 4 heteroatoms. The van der Waals surface area contributed by atoms with E-state index in [-0.39, 0.29) is 5.82 Å². The van der Waals surface area contributed by atoms with E-state index in [0.29, 0.717) is 12.5 Å². The van der Waals surface area contributed by atoms with Crippen molar-refractivity contribution < 1.29 is 9.13 Å². The normalized spacial score (nSPS) is 16.3. The van der Waals surface area contributed by atoms with Crippen LogP contribution >= 0.6 is 0 Å². The van der Waals surface area contributed by atoms with Gasteiger partial charge in [0, 0.05) is 12.5 Å². The van der Waals surface area contributed by atoms with E-state index in [2.05, 4.69) is 101 Å². The summed E-state index contributed by atoms with van der Waals surface area (Å²) < 4.78 is 19.1. The Morgan fingerprint density at radius 2 is 1.32 bits per heavy atom. The Morgan fingerprint density at radius 1 is 0.763 bits per heavy atom. The van der Waals surface area contributed by atoms with Crippen molar-refractivity contribution in [2.75, 3.05) is 32.8 Å². The largest absolute Gasteiger partial charge is 0.493 e. The van der Waals surface area contributed by atoms with Crippen LogP contribution in [0.4, 0.5) is 4.39 Å². The molecule has 1 fully saturated rings. The molecule has 0 aliphatic carbocycles. The molecule has 4 aromatic rings. The van der Waals surface area contributed by atoms with Crippen LogP contribution in [0.5, 0.6) is 5.75 Å². The fraction of sp³-hybridized carbons (Fsp3) is 0.294. The lowest BCUT2D eigenvalue weighted by Gasteiger charge is -2.38. The number of halogens is 1. The summed E-state index contributed by atoms with van der Waals surface area (Å²) in [6.07, 6.45) is 3.42. The van der Waals surface area contributed by atoms with E-state index < -0.39 is 5.54 Å². The van der Waals surface area contributed by atoms with E-state index in [1.807, 2.05) is 0 Å². The number of hydrogen-bond acceptors (Lipinski definition) is 3. The Labute approximate surface area is 226 Å². The molecule has 0 bridgehead atoms. The summed E-state index contributed by atoms with van der Waals surface area (Å²) in [4.78, 5) is 2.57. The first kappa shape index (κ1) is 26.1. The molecule has 5 rings (SSSR count). The number of benzene rings is 4. The smallest absolute Gasteiger partial charge is 0.123 e. The Bertz CT molecular complexity index is 1140. The summed E-state index contributed by atoms with van der Waals surface area (Å²) >= 11 is 0. The van der Waals surface area contributed by atoms with Gasteiger partial charge >= 0.3 is 0 Å². The molecule has 1 heterocycles. The van der Waals surface area contributed by atoms with Gasteiger partial charge in [0.1, 0.15) is 11.6 Å². The minimum absolute atomic E-state index is 0.231. The molecule has 1 N–H and O–H groups in total. The standard InChI is InChI=1S/C34H37FN2O/c35-32-19-21-33(22-20-32)38-27-28-12-10-24-37(26-28)25-11-23-36-34(29-13-4-1-5-14-29,30-15-6-2-7-16-30)31-17-8-3-9-18-31/h1-9,13-22,28,36H,10-12,23-27H2. The van der Waals surface area contributed by atoms with E-state index in [9.17, 15) is 4.39 Å². The summed E-state index contributed by atoms with van der Waals surface area (Å²) in [6.45, 7) is 4.80. The van der Waals surface area contributed by atoms with Crippen LogP contribution in [0.1, 0.15) is 36.0 Å². The van der Waals surface area contributed by atoms with Gasteiger partial charge in [0.2, 0.25) is 0 Å². The molecule has 3 nitrogen and oxygen atoms in total. The molecular formula is C34H37FN2O. The van der Waals surface area contributed by atoms with Gasteiger partial charge in [0.25, 0.3) is 0 Å². The first-order valence-electron chi connectivity index (χ1n) is 13.8. The van der Waals surface area contributed by atoms with Crippen molar-refractivity contribution in [2.45, 2.75) is 24.8 Å². The van der Waals surface area contributed by atoms with Gasteiger partial charge in [-0.05, 0) is 79.9 Å². The van der Waals surface area contributed by atoms with Crippen LogP contribution in [-0.4, -0.2) is 37.7 Å². The first-order chi connectivity index (χ1) is 18.7. The highest BCUT2D eigenvalue weighted by Crippen LogP contribution is 2.36. The number of rotatable bonds is 11. The lowest BCUT2D eigenvalue weighted by molar-refractivity contribution is 0.128. The fourth-order valence-electron chi connectivity index (χ4n) is 5.68. The van der Waals surface area contributed by atoms with Crippen molar-refractivity contribution in [1.82, 2.24) is 10.2 Å². The minimum Gasteiger partial charge on any atom is -0.493 e. The van der Waals surface area contributed by atoms with Gasteiger partial charge in [0.05, 0.1) is 12.1 Å². The second-order valence-electron chi connectivity index (χ2n) is 10.2. The summed E-state index contributed by atoms with van der Waals surface area (Å²) in [5.41, 5.74) is 3.31. The summed E-state index contributed by atoms with van der Waals surface area (Å²) in [5, 5.41) is 4.00. The fourth-order valence-corrected chi connectivity index (χ4v) is 5.68. The van der Waals surface area contributed by atoms with Crippen LogP contribution < -0.4 is 10.1 Å². The van der Waals surface area contributed by atoms with E-state index in [1.165, 1.54) is 41.7 Å². The van der Waals surface area contributed by atoms with Gasteiger partial charge in [-0.1, -0.05) is 91.0 Å². The number of hydrogen-bond donors (Lipinski definition) is 1. The van der Waals surface area contributed by atoms with Crippen molar-refractivity contribution in [1.29, 1.82) is 0 Å². The topological polar surface area (TPSA) is 24.5 Å². The average Bonchev–Trinajstić information content (AvgIpc) is 2.99. The van der Waals surface area contributed by atoms with Crippen LogP contribution in [0.2, 0.25) is 0 Å². The third-order valence-electron chi connectivity index (χ3n) is 7.56. The molecular weight excluding hydrogens is 471 g/mol. The third-order valence-corrected chi connectivity index (χ3v) is 7.56. The number of piperidine rings is 1. The second kappa shape index (κ2) is 12.9. The van der Waals surface area contributed by atoms with E-state index in [0.717, 1.165) is 38.3 Å². The summed E-state index contributed by atoms with van der Waals surface area (Å²) in [6, 6.07) is 38.7. The SMILES string of the molecule is Fc1ccc(OCC2CCCN(CCCNC(c3ccccc3)(c3ccccc3)c3ccccc3)C2)cc1. The van der Waals surface area contributed by atoms with Crippen molar-refractivity contribution >= 4 is 0 Å². The van der Waals surface area contributed by atoms with Crippen LogP contribution in [0, 0.1) is 11.7 Å². The maximum Gasteiger partial charge on any atom is 0.123 e. The van der Waals surface area contributed by atoms with Gasteiger partial charge in [-0.15, -0.1) is 0 Å². The molecule has 1 aliphatic rings. The Morgan fingerprint density at radius 3 is 1.87 bits per heavy atom. The van der Waals surface area contributed by atoms with Crippen molar-refractivity contribution in [3.8, 4) is 5.75 Å². The molecule has 1 atom stereocenters. The molecule has 0 amide bonds. The highest BCUT2D eigenvalue weighted by molar-refractivity contribution is 5.49. The molecule has 0 spiro atoms. The molecule has 0 saturated carbocycles. The third kappa shape index (κ3) is 6.32. The average molecular weight is 509 g/mol. The lowest BCUT2D eigenvalue weighted by Crippen LogP contribution is -2.46. The number of nitrogens with one attached hydrogen (secondary N) is 1. The van der Waals surface area contributed by atoms with Crippen LogP contribution in [0.15, 0.2) is 115 Å². The van der Waals surface area contributed by atoms with E-state index in [1.54, 1.807) is 12.1 Å². The minimum atomic E-state index is -0.419. The molecule has 1 aliphatic heterocycles. The van der Waals surface area contributed by atoms with Gasteiger partial charge in [-0.25, -0.2) is 4.39 Å². The second-order valence-corrected chi connectivity index (χ2v) is 10.2. The molecule has 0 radical (unpaired) electrons. The monoisotopic (exact) mass is 508 g/mol. The lowest BCUT2D eigenvalue weighted by atomic mass is 9.77. The predicted molar refractivity (Wildman–Crippen MR) is 153 cm³/mol. The molecule has 0 aromatic heterocycles.